The summed E-state index contributed by atoms with van der Waals surface area (Å²) in [5.41, 5.74) is 0.0746. The normalized spacial score (nSPS) is 16.8. The van der Waals surface area contributed by atoms with E-state index in [0.29, 0.717) is 50.9 Å². The lowest BCUT2D eigenvalue weighted by molar-refractivity contribution is 0.122. The highest BCUT2D eigenvalue weighted by atomic mass is 19.1. The first-order valence-corrected chi connectivity index (χ1v) is 10.2. The zero-order chi connectivity index (χ0) is 21.4. The predicted octanol–water partition coefficient (Wildman–Crippen LogP) is 2.53. The molecule has 31 heavy (non-hydrogen) atoms. The number of imidazole rings is 1. The van der Waals surface area contributed by atoms with E-state index >= 15 is 4.39 Å². The zero-order valence-corrected chi connectivity index (χ0v) is 16.7. The van der Waals surface area contributed by atoms with E-state index < -0.39 is 11.8 Å². The highest BCUT2D eigenvalue weighted by Gasteiger charge is 2.23. The van der Waals surface area contributed by atoms with Crippen molar-refractivity contribution in [2.45, 2.75) is 12.8 Å². The van der Waals surface area contributed by atoms with Crippen LogP contribution in [0.4, 0.5) is 25.1 Å². The molecule has 2 aromatic heterocycles. The van der Waals surface area contributed by atoms with Crippen LogP contribution in [0.15, 0.2) is 24.4 Å². The Labute approximate surface area is 176 Å². The number of morpholine rings is 1. The van der Waals surface area contributed by atoms with E-state index in [1.165, 1.54) is 24.4 Å². The monoisotopic (exact) mass is 429 g/mol. The van der Waals surface area contributed by atoms with E-state index in [0.717, 1.165) is 17.4 Å². The van der Waals surface area contributed by atoms with Gasteiger partial charge in [0.2, 0.25) is 5.95 Å². The second-order valence-electron chi connectivity index (χ2n) is 7.50. The van der Waals surface area contributed by atoms with Gasteiger partial charge in [0, 0.05) is 37.4 Å². The molecule has 2 saturated heterocycles. The molecule has 9 nitrogen and oxygen atoms in total. The Hall–Kier alpha value is -3.34. The third-order valence-electron chi connectivity index (χ3n) is 5.48. The van der Waals surface area contributed by atoms with Crippen LogP contribution < -0.4 is 10.2 Å². The minimum Gasteiger partial charge on any atom is -0.378 e. The minimum atomic E-state index is -0.820. The van der Waals surface area contributed by atoms with Crippen molar-refractivity contribution in [3.63, 3.8) is 0 Å². The Bertz CT molecular complexity index is 1120. The number of carbonyl (C=O) groups excluding carboxylic acids is 1. The van der Waals surface area contributed by atoms with Gasteiger partial charge in [0.15, 0.2) is 5.82 Å². The van der Waals surface area contributed by atoms with Crippen molar-refractivity contribution >= 4 is 23.3 Å². The summed E-state index contributed by atoms with van der Waals surface area (Å²) in [5, 5.41) is 7.03. The predicted molar refractivity (Wildman–Crippen MR) is 109 cm³/mol. The Balaban J connectivity index is 1.46. The number of halogens is 2. The number of likely N-dealkylation sites (tertiary alicyclic amines) is 1. The molecule has 2 fully saturated rings. The third-order valence-corrected chi connectivity index (χ3v) is 5.48. The molecule has 0 radical (unpaired) electrons. The molecule has 0 spiro atoms. The number of amides is 2. The van der Waals surface area contributed by atoms with Gasteiger partial charge in [-0.1, -0.05) is 0 Å². The van der Waals surface area contributed by atoms with E-state index in [1.54, 1.807) is 4.90 Å². The van der Waals surface area contributed by atoms with Crippen LogP contribution in [0.3, 0.4) is 0 Å². The van der Waals surface area contributed by atoms with Gasteiger partial charge < -0.3 is 19.9 Å². The number of nitrogens with zero attached hydrogens (tertiary/aromatic N) is 6. The fourth-order valence-electron chi connectivity index (χ4n) is 3.81. The summed E-state index contributed by atoms with van der Waals surface area (Å²) in [6.45, 7) is 3.72. The number of aromatic nitrogens is 4. The largest absolute Gasteiger partial charge is 0.378 e. The van der Waals surface area contributed by atoms with Crippen LogP contribution in [0, 0.1) is 11.8 Å². The van der Waals surface area contributed by atoms with E-state index in [9.17, 15) is 9.18 Å². The van der Waals surface area contributed by atoms with Gasteiger partial charge in [0.1, 0.15) is 11.5 Å². The molecule has 5 rings (SSSR count). The Morgan fingerprint density at radius 2 is 1.87 bits per heavy atom. The summed E-state index contributed by atoms with van der Waals surface area (Å²) in [7, 11) is 0. The minimum absolute atomic E-state index is 0.0235. The zero-order valence-electron chi connectivity index (χ0n) is 16.7. The number of carbonyl (C=O) groups is 1. The molecule has 4 heterocycles. The van der Waals surface area contributed by atoms with Gasteiger partial charge in [0.05, 0.1) is 19.4 Å². The van der Waals surface area contributed by atoms with Gasteiger partial charge in [-0.2, -0.15) is 8.91 Å². The maximum absolute atomic E-state index is 15.2. The van der Waals surface area contributed by atoms with Gasteiger partial charge in [-0.15, -0.1) is 5.10 Å². The maximum Gasteiger partial charge on any atom is 0.321 e. The molecule has 2 aliphatic heterocycles. The van der Waals surface area contributed by atoms with Gasteiger partial charge in [-0.3, -0.25) is 0 Å². The van der Waals surface area contributed by atoms with Crippen molar-refractivity contribution in [3.05, 3.63) is 36.2 Å². The molecule has 0 bridgehead atoms. The number of fused-ring (bicyclic) bond motifs is 1. The number of ether oxygens (including phenoxy) is 1. The molecule has 1 aromatic carbocycles. The second kappa shape index (κ2) is 8.06. The van der Waals surface area contributed by atoms with Crippen LogP contribution >= 0.6 is 0 Å². The molecule has 162 valence electrons. The van der Waals surface area contributed by atoms with Gasteiger partial charge >= 0.3 is 6.03 Å². The SMILES string of the molecule is O=C(Nc1ccc(F)c(-c2nc3ncc(N4CCOCC4)nn3c2F)c1)N1CCCC1. The number of hydrogen-bond acceptors (Lipinski definition) is 6. The number of nitrogens with one attached hydrogen (secondary N) is 1. The lowest BCUT2D eigenvalue weighted by Gasteiger charge is -2.27. The van der Waals surface area contributed by atoms with E-state index in [4.69, 9.17) is 4.74 Å². The summed E-state index contributed by atoms with van der Waals surface area (Å²) >= 11 is 0. The van der Waals surface area contributed by atoms with Crippen LogP contribution in [0.2, 0.25) is 0 Å². The molecule has 3 aromatic rings. The average molecular weight is 429 g/mol. The lowest BCUT2D eigenvalue weighted by Crippen LogP contribution is -2.37. The quantitative estimate of drug-likeness (QED) is 0.689. The van der Waals surface area contributed by atoms with Crippen LogP contribution in [0.1, 0.15) is 12.8 Å². The van der Waals surface area contributed by atoms with Crippen LogP contribution in [0.5, 0.6) is 0 Å². The van der Waals surface area contributed by atoms with Crippen molar-refractivity contribution in [2.75, 3.05) is 49.6 Å². The molecule has 0 saturated carbocycles. The van der Waals surface area contributed by atoms with E-state index in [1.807, 2.05) is 4.90 Å². The van der Waals surface area contributed by atoms with E-state index in [2.05, 4.69) is 20.4 Å². The van der Waals surface area contributed by atoms with Crippen molar-refractivity contribution in [1.29, 1.82) is 0 Å². The molecule has 11 heteroatoms. The lowest BCUT2D eigenvalue weighted by atomic mass is 10.1. The molecular formula is C20H21F2N7O2. The molecule has 2 aliphatic rings. The van der Waals surface area contributed by atoms with E-state index in [-0.39, 0.29) is 23.1 Å². The Morgan fingerprint density at radius 3 is 2.65 bits per heavy atom. The smallest absolute Gasteiger partial charge is 0.321 e. The first-order valence-electron chi connectivity index (χ1n) is 10.2. The molecule has 0 unspecified atom stereocenters. The number of rotatable bonds is 3. The number of benzene rings is 1. The van der Waals surface area contributed by atoms with Gasteiger partial charge in [0.25, 0.3) is 5.78 Å². The molecule has 0 aliphatic carbocycles. The van der Waals surface area contributed by atoms with Gasteiger partial charge in [-0.05, 0) is 31.0 Å². The summed E-state index contributed by atoms with van der Waals surface area (Å²) in [6, 6.07) is 3.73. The molecule has 1 N–H and O–H groups in total. The molecule has 0 atom stereocenters. The van der Waals surface area contributed by atoms with Gasteiger partial charge in [-0.25, -0.2) is 19.2 Å². The first kappa shape index (κ1) is 19.6. The van der Waals surface area contributed by atoms with Crippen LogP contribution in [0.25, 0.3) is 17.0 Å². The summed E-state index contributed by atoms with van der Waals surface area (Å²) in [5.74, 6) is -0.962. The number of hydrogen-bond donors (Lipinski definition) is 1. The fourth-order valence-corrected chi connectivity index (χ4v) is 3.81. The third kappa shape index (κ3) is 3.76. The van der Waals surface area contributed by atoms with Crippen molar-refractivity contribution in [1.82, 2.24) is 24.5 Å². The van der Waals surface area contributed by atoms with Crippen LogP contribution in [-0.2, 0) is 4.74 Å². The topological polar surface area (TPSA) is 87.9 Å². The average Bonchev–Trinajstić information content (AvgIpc) is 3.44. The standard InChI is InChI=1S/C20H21F2N7O2/c21-15-4-3-13(24-20(30)28-5-1-2-6-28)11-14(15)17-18(22)29-19(25-17)23-12-16(26-29)27-7-9-31-10-8-27/h3-4,11-12H,1-2,5-10H2,(H,24,30). The summed E-state index contributed by atoms with van der Waals surface area (Å²) < 4.78 is 36.0. The Morgan fingerprint density at radius 1 is 1.10 bits per heavy atom. The van der Waals surface area contributed by atoms with Crippen molar-refractivity contribution in [3.8, 4) is 11.3 Å². The van der Waals surface area contributed by atoms with Crippen molar-refractivity contribution in [2.24, 2.45) is 0 Å². The Kier molecular flexibility index (Phi) is 5.10. The highest BCUT2D eigenvalue weighted by molar-refractivity contribution is 5.90. The highest BCUT2D eigenvalue weighted by Crippen LogP contribution is 2.28. The second-order valence-corrected chi connectivity index (χ2v) is 7.50. The van der Waals surface area contributed by atoms with Crippen LogP contribution in [-0.4, -0.2) is 69.9 Å². The van der Waals surface area contributed by atoms with Crippen molar-refractivity contribution < 1.29 is 18.3 Å². The molecule has 2 amide bonds. The fraction of sp³-hybridized carbons (Fsp3) is 0.400. The number of anilines is 2. The number of urea groups is 1. The molecular weight excluding hydrogens is 408 g/mol. The maximum atomic E-state index is 15.2. The summed E-state index contributed by atoms with van der Waals surface area (Å²) in [6.07, 6.45) is 3.43. The summed E-state index contributed by atoms with van der Waals surface area (Å²) in [4.78, 5) is 24.3. The first-order chi connectivity index (χ1) is 15.1.